The van der Waals surface area contributed by atoms with Gasteiger partial charge in [-0.15, -0.1) is 0 Å². The molecule has 1 aliphatic heterocycles. The first kappa shape index (κ1) is 38.3. The van der Waals surface area contributed by atoms with Gasteiger partial charge in [-0.05, 0) is 66.1 Å². The standard InChI is InChI=1S/C35H27F9N2O5S/c36-25-12-14-26(15-13-25)52(49,50)32(16-17-46(20-32)30(47)18-21-4-6-22(7-5-21)31(45)48)23-8-10-24(11-9-23)33(34(39,40)41,35(42,43)44)51-19-27-28(37)2-1-3-29(27)38/h1-15H,16-20H2,(H2,45,48)/t32-/m0/s1. The lowest BCUT2D eigenvalue weighted by Gasteiger charge is -2.38. The third kappa shape index (κ3) is 6.86. The third-order valence-corrected chi connectivity index (χ3v) is 11.4. The highest BCUT2D eigenvalue weighted by Gasteiger charge is 2.73. The first-order valence-corrected chi connectivity index (χ1v) is 16.7. The Morgan fingerprint density at radius 2 is 1.35 bits per heavy atom. The summed E-state index contributed by atoms with van der Waals surface area (Å²) in [5, 5.41) is 0. The number of nitrogens with two attached hydrogens (primary N) is 1. The van der Waals surface area contributed by atoms with Crippen molar-refractivity contribution in [3.63, 3.8) is 0 Å². The Morgan fingerprint density at radius 1 is 0.788 bits per heavy atom. The van der Waals surface area contributed by atoms with Crippen LogP contribution in [-0.4, -0.2) is 50.6 Å². The highest BCUT2D eigenvalue weighted by molar-refractivity contribution is 7.92. The molecule has 5 rings (SSSR count). The van der Waals surface area contributed by atoms with Crippen molar-refractivity contribution < 1.29 is 62.3 Å². The molecule has 1 saturated heterocycles. The molecule has 1 aliphatic rings. The van der Waals surface area contributed by atoms with Gasteiger partial charge in [0.15, 0.2) is 9.84 Å². The minimum Gasteiger partial charge on any atom is -0.366 e. The predicted octanol–water partition coefficient (Wildman–Crippen LogP) is 6.88. The molecule has 0 aliphatic carbocycles. The largest absolute Gasteiger partial charge is 0.430 e. The van der Waals surface area contributed by atoms with Crippen molar-refractivity contribution in [3.8, 4) is 0 Å². The lowest BCUT2D eigenvalue weighted by molar-refractivity contribution is -0.392. The van der Waals surface area contributed by atoms with E-state index in [1.54, 1.807) is 0 Å². The number of likely N-dealkylation sites (tertiary alicyclic amines) is 1. The van der Waals surface area contributed by atoms with Crippen molar-refractivity contribution in [2.45, 2.75) is 47.0 Å². The van der Waals surface area contributed by atoms with Gasteiger partial charge in [-0.25, -0.2) is 21.6 Å². The molecule has 0 unspecified atom stereocenters. The van der Waals surface area contributed by atoms with E-state index in [9.17, 15) is 57.5 Å². The summed E-state index contributed by atoms with van der Waals surface area (Å²) in [6, 6.07) is 13.4. The SMILES string of the molecule is NC(=O)c1ccc(CC(=O)N2CC[C@](c3ccc(C(OCc4c(F)cccc4F)(C(F)(F)F)C(F)(F)F)cc3)(S(=O)(=O)c3ccc(F)cc3)C2)cc1. The van der Waals surface area contributed by atoms with Crippen LogP contribution in [0, 0.1) is 17.5 Å². The second-order valence-electron chi connectivity index (χ2n) is 12.0. The maximum absolute atomic E-state index is 14.5. The molecule has 2 amide bonds. The second-order valence-corrected chi connectivity index (χ2v) is 14.3. The van der Waals surface area contributed by atoms with E-state index in [0.717, 1.165) is 35.2 Å². The fraction of sp³-hybridized carbons (Fsp3) is 0.257. The number of rotatable bonds is 10. The predicted molar refractivity (Wildman–Crippen MR) is 167 cm³/mol. The van der Waals surface area contributed by atoms with Crippen LogP contribution < -0.4 is 5.73 Å². The van der Waals surface area contributed by atoms with E-state index in [1.165, 1.54) is 24.3 Å². The highest BCUT2D eigenvalue weighted by Crippen LogP contribution is 2.54. The summed E-state index contributed by atoms with van der Waals surface area (Å²) in [5.74, 6) is -5.02. The molecule has 0 aromatic heterocycles. The summed E-state index contributed by atoms with van der Waals surface area (Å²) in [6.07, 6.45) is -13.1. The monoisotopic (exact) mass is 758 g/mol. The number of amides is 2. The van der Waals surface area contributed by atoms with Crippen LogP contribution in [0.3, 0.4) is 0 Å². The number of carbonyl (C=O) groups excluding carboxylic acids is 2. The van der Waals surface area contributed by atoms with Crippen molar-refractivity contribution in [2.24, 2.45) is 5.73 Å². The molecule has 1 fully saturated rings. The molecule has 0 radical (unpaired) electrons. The van der Waals surface area contributed by atoms with Gasteiger partial charge in [-0.1, -0.05) is 42.5 Å². The van der Waals surface area contributed by atoms with E-state index in [-0.39, 0.29) is 30.5 Å². The van der Waals surface area contributed by atoms with Crippen LogP contribution in [-0.2, 0) is 42.7 Å². The van der Waals surface area contributed by atoms with E-state index in [1.807, 2.05) is 0 Å². The van der Waals surface area contributed by atoms with E-state index in [4.69, 9.17) is 5.73 Å². The first-order valence-electron chi connectivity index (χ1n) is 15.2. The van der Waals surface area contributed by atoms with Gasteiger partial charge < -0.3 is 15.4 Å². The summed E-state index contributed by atoms with van der Waals surface area (Å²) >= 11 is 0. The smallest absolute Gasteiger partial charge is 0.366 e. The highest BCUT2D eigenvalue weighted by atomic mass is 32.2. The zero-order chi connectivity index (χ0) is 38.3. The average molecular weight is 759 g/mol. The molecule has 52 heavy (non-hydrogen) atoms. The zero-order valence-corrected chi connectivity index (χ0v) is 27.4. The van der Waals surface area contributed by atoms with Gasteiger partial charge in [0.1, 0.15) is 22.2 Å². The molecule has 0 bridgehead atoms. The Balaban J connectivity index is 1.57. The number of ether oxygens (including phenoxy) is 1. The van der Waals surface area contributed by atoms with Crippen LogP contribution in [0.2, 0.25) is 0 Å². The maximum Gasteiger partial charge on any atom is 0.430 e. The minimum atomic E-state index is -6.25. The molecule has 7 nitrogen and oxygen atoms in total. The van der Waals surface area contributed by atoms with Gasteiger partial charge in [-0.2, -0.15) is 26.3 Å². The number of hydrogen-bond acceptors (Lipinski definition) is 5. The number of nitrogens with zero attached hydrogens (tertiary/aromatic N) is 1. The molecular formula is C35H27F9N2O5S. The lowest BCUT2D eigenvalue weighted by Crippen LogP contribution is -2.56. The van der Waals surface area contributed by atoms with Crippen molar-refractivity contribution in [1.29, 1.82) is 0 Å². The number of hydrogen-bond donors (Lipinski definition) is 1. The molecule has 0 saturated carbocycles. The van der Waals surface area contributed by atoms with Crippen LogP contribution in [0.4, 0.5) is 39.5 Å². The Labute approximate surface area is 290 Å². The third-order valence-electron chi connectivity index (χ3n) is 8.93. The van der Waals surface area contributed by atoms with Gasteiger partial charge in [0.25, 0.3) is 5.60 Å². The summed E-state index contributed by atoms with van der Waals surface area (Å²) in [4.78, 5) is 25.5. The number of sulfone groups is 1. The van der Waals surface area contributed by atoms with Gasteiger partial charge in [0.05, 0.1) is 17.9 Å². The topological polar surface area (TPSA) is 107 Å². The second kappa shape index (κ2) is 13.9. The van der Waals surface area contributed by atoms with Crippen molar-refractivity contribution in [2.75, 3.05) is 13.1 Å². The zero-order valence-electron chi connectivity index (χ0n) is 26.6. The summed E-state index contributed by atoms with van der Waals surface area (Å²) in [5.41, 5.74) is -2.38. The van der Waals surface area contributed by atoms with Gasteiger partial charge in [-0.3, -0.25) is 9.59 Å². The normalized spacial score (nSPS) is 17.0. The fourth-order valence-corrected chi connectivity index (χ4v) is 8.19. The molecular weight excluding hydrogens is 731 g/mol. The summed E-state index contributed by atoms with van der Waals surface area (Å²) in [7, 11) is -4.66. The van der Waals surface area contributed by atoms with E-state index < -0.39 is 91.0 Å². The van der Waals surface area contributed by atoms with Crippen LogP contribution in [0.25, 0.3) is 0 Å². The Hall–Kier alpha value is -4.90. The molecule has 17 heteroatoms. The Bertz CT molecular complexity index is 2040. The van der Waals surface area contributed by atoms with Crippen molar-refractivity contribution in [3.05, 3.63) is 136 Å². The number of halogens is 9. The Kier molecular flexibility index (Phi) is 10.3. The minimum absolute atomic E-state index is 0.162. The maximum atomic E-state index is 14.5. The molecule has 0 spiro atoms. The number of carbonyl (C=O) groups is 2. The van der Waals surface area contributed by atoms with Gasteiger partial charge >= 0.3 is 12.4 Å². The quantitative estimate of drug-likeness (QED) is 0.140. The fourth-order valence-electron chi connectivity index (χ4n) is 6.11. The molecule has 1 heterocycles. The van der Waals surface area contributed by atoms with Crippen LogP contribution in [0.5, 0.6) is 0 Å². The van der Waals surface area contributed by atoms with Crippen LogP contribution in [0.1, 0.15) is 39.0 Å². The number of primary amides is 1. The number of benzene rings is 4. The van der Waals surface area contributed by atoms with Gasteiger partial charge in [0, 0.05) is 29.8 Å². The van der Waals surface area contributed by atoms with Gasteiger partial charge in [0.2, 0.25) is 11.8 Å². The molecule has 4 aromatic carbocycles. The van der Waals surface area contributed by atoms with E-state index in [2.05, 4.69) is 4.74 Å². The summed E-state index contributed by atoms with van der Waals surface area (Å²) in [6.45, 7) is -2.60. The Morgan fingerprint density at radius 3 is 1.87 bits per heavy atom. The van der Waals surface area contributed by atoms with Crippen LogP contribution in [0.15, 0.2) is 95.9 Å². The lowest BCUT2D eigenvalue weighted by atomic mass is 9.88. The molecule has 4 aromatic rings. The molecule has 2 N–H and O–H groups in total. The van der Waals surface area contributed by atoms with Crippen LogP contribution >= 0.6 is 0 Å². The first-order chi connectivity index (χ1) is 24.2. The van der Waals surface area contributed by atoms with E-state index in [0.29, 0.717) is 42.0 Å². The number of alkyl halides is 6. The van der Waals surface area contributed by atoms with Crippen molar-refractivity contribution in [1.82, 2.24) is 4.90 Å². The molecule has 276 valence electrons. The molecule has 1 atom stereocenters. The van der Waals surface area contributed by atoms with Crippen molar-refractivity contribution >= 4 is 21.7 Å². The summed E-state index contributed by atoms with van der Waals surface area (Å²) < 4.78 is 160. The average Bonchev–Trinajstić information content (AvgIpc) is 3.53. The van der Waals surface area contributed by atoms with E-state index >= 15 is 0 Å².